The Morgan fingerprint density at radius 3 is 2.60 bits per heavy atom. The number of hydrogen-bond donors (Lipinski definition) is 1. The lowest BCUT2D eigenvalue weighted by atomic mass is 10.1. The van der Waals surface area contributed by atoms with Crippen LogP contribution in [0.4, 0.5) is 5.69 Å². The van der Waals surface area contributed by atoms with Crippen LogP contribution in [0, 0.1) is 0 Å². The van der Waals surface area contributed by atoms with Crippen LogP contribution >= 0.6 is 0 Å². The molecule has 0 atom stereocenters. The van der Waals surface area contributed by atoms with E-state index in [0.717, 1.165) is 31.9 Å². The number of carbonyl (C=O) groups excluding carboxylic acids is 1. The molecule has 4 rings (SSSR count). The van der Waals surface area contributed by atoms with Crippen molar-refractivity contribution in [2.45, 2.75) is 32.7 Å². The predicted octanol–water partition coefficient (Wildman–Crippen LogP) is 4.24. The van der Waals surface area contributed by atoms with Crippen molar-refractivity contribution in [3.05, 3.63) is 42.5 Å². The van der Waals surface area contributed by atoms with Gasteiger partial charge in [0.15, 0.2) is 0 Å². The van der Waals surface area contributed by atoms with Crippen LogP contribution in [-0.2, 0) is 11.3 Å². The molecule has 2 aromatic carbocycles. The summed E-state index contributed by atoms with van der Waals surface area (Å²) in [5.74, 6) is 0.102. The van der Waals surface area contributed by atoms with E-state index in [1.807, 2.05) is 6.07 Å². The molecule has 0 aliphatic carbocycles. The first-order valence-corrected chi connectivity index (χ1v) is 9.29. The lowest BCUT2D eigenvalue weighted by molar-refractivity contribution is -0.116. The summed E-state index contributed by atoms with van der Waals surface area (Å²) in [6.07, 6.45) is 3.09. The number of rotatable bonds is 5. The smallest absolute Gasteiger partial charge is 0.225 e. The predicted molar refractivity (Wildman–Crippen MR) is 104 cm³/mol. The minimum absolute atomic E-state index is 0.102. The molecule has 1 saturated heterocycles. The number of hydrogen-bond acceptors (Lipinski definition) is 2. The van der Waals surface area contributed by atoms with Crippen LogP contribution in [0.1, 0.15) is 26.2 Å². The molecule has 1 aromatic heterocycles. The molecule has 25 heavy (non-hydrogen) atoms. The number of nitrogens with one attached hydrogen (secondary N) is 1. The van der Waals surface area contributed by atoms with Gasteiger partial charge in [0.2, 0.25) is 5.91 Å². The summed E-state index contributed by atoms with van der Waals surface area (Å²) in [6.45, 7) is 6.24. The minimum Gasteiger partial charge on any atom is -0.341 e. The van der Waals surface area contributed by atoms with Crippen molar-refractivity contribution in [2.24, 2.45) is 0 Å². The Morgan fingerprint density at radius 2 is 1.80 bits per heavy atom. The fourth-order valence-corrected chi connectivity index (χ4v) is 3.96. The fourth-order valence-electron chi connectivity index (χ4n) is 3.96. The van der Waals surface area contributed by atoms with Gasteiger partial charge in [0.05, 0.1) is 0 Å². The lowest BCUT2D eigenvalue weighted by Crippen LogP contribution is -2.25. The average Bonchev–Trinajstić information content (AvgIpc) is 3.25. The van der Waals surface area contributed by atoms with Crippen molar-refractivity contribution in [3.8, 4) is 0 Å². The third kappa shape index (κ3) is 3.14. The molecule has 0 spiro atoms. The number of nitrogens with zero attached hydrogens (tertiary/aromatic N) is 2. The minimum atomic E-state index is 0.102. The Kier molecular flexibility index (Phi) is 4.45. The van der Waals surface area contributed by atoms with E-state index in [-0.39, 0.29) is 5.91 Å². The molecule has 1 amide bonds. The SMILES string of the molecule is CCn1c2ccccc2c2cc(NC(=O)CCN3CCCC3)ccc21. The normalized spacial score (nSPS) is 15.2. The van der Waals surface area contributed by atoms with E-state index in [1.54, 1.807) is 0 Å². The molecule has 1 aliphatic rings. The van der Waals surface area contributed by atoms with Gasteiger partial charge in [-0.3, -0.25) is 4.79 Å². The molecule has 3 aromatic rings. The van der Waals surface area contributed by atoms with Crippen LogP contribution in [0.3, 0.4) is 0 Å². The molecule has 2 heterocycles. The van der Waals surface area contributed by atoms with Crippen molar-refractivity contribution in [1.82, 2.24) is 9.47 Å². The number of carbonyl (C=O) groups is 1. The van der Waals surface area contributed by atoms with Gasteiger partial charge in [-0.25, -0.2) is 0 Å². The molecule has 0 unspecified atom stereocenters. The first-order chi connectivity index (χ1) is 12.3. The number of aromatic nitrogens is 1. The van der Waals surface area contributed by atoms with Gasteiger partial charge < -0.3 is 14.8 Å². The fraction of sp³-hybridized carbons (Fsp3) is 0.381. The van der Waals surface area contributed by atoms with E-state index in [9.17, 15) is 4.79 Å². The lowest BCUT2D eigenvalue weighted by Gasteiger charge is -2.14. The quantitative estimate of drug-likeness (QED) is 0.757. The number of amides is 1. The second-order valence-corrected chi connectivity index (χ2v) is 6.84. The largest absolute Gasteiger partial charge is 0.341 e. The zero-order valence-electron chi connectivity index (χ0n) is 14.8. The van der Waals surface area contributed by atoms with Gasteiger partial charge in [-0.2, -0.15) is 0 Å². The van der Waals surface area contributed by atoms with Crippen LogP contribution in [0.2, 0.25) is 0 Å². The molecule has 1 aliphatic heterocycles. The molecule has 1 fully saturated rings. The molecule has 4 nitrogen and oxygen atoms in total. The Morgan fingerprint density at radius 1 is 1.04 bits per heavy atom. The topological polar surface area (TPSA) is 37.3 Å². The van der Waals surface area contributed by atoms with E-state index in [1.165, 1.54) is 34.6 Å². The monoisotopic (exact) mass is 335 g/mol. The maximum Gasteiger partial charge on any atom is 0.225 e. The highest BCUT2D eigenvalue weighted by Crippen LogP contribution is 2.31. The van der Waals surface area contributed by atoms with Crippen molar-refractivity contribution in [2.75, 3.05) is 25.0 Å². The maximum absolute atomic E-state index is 12.3. The van der Waals surface area contributed by atoms with Crippen molar-refractivity contribution in [3.63, 3.8) is 0 Å². The molecule has 130 valence electrons. The Balaban J connectivity index is 1.56. The summed E-state index contributed by atoms with van der Waals surface area (Å²) >= 11 is 0. The number of likely N-dealkylation sites (tertiary alicyclic amines) is 1. The molecule has 1 N–H and O–H groups in total. The number of benzene rings is 2. The highest BCUT2D eigenvalue weighted by atomic mass is 16.1. The van der Waals surface area contributed by atoms with Gasteiger partial charge >= 0.3 is 0 Å². The number of anilines is 1. The summed E-state index contributed by atoms with van der Waals surface area (Å²) in [5.41, 5.74) is 3.36. The summed E-state index contributed by atoms with van der Waals surface area (Å²) in [6, 6.07) is 14.7. The van der Waals surface area contributed by atoms with E-state index in [0.29, 0.717) is 6.42 Å². The average molecular weight is 335 g/mol. The van der Waals surface area contributed by atoms with E-state index in [4.69, 9.17) is 0 Å². The Hall–Kier alpha value is -2.33. The van der Waals surface area contributed by atoms with Crippen LogP contribution in [-0.4, -0.2) is 35.0 Å². The second-order valence-electron chi connectivity index (χ2n) is 6.84. The van der Waals surface area contributed by atoms with Gasteiger partial charge in [0, 0.05) is 47.0 Å². The Bertz CT molecular complexity index is 906. The van der Waals surface area contributed by atoms with E-state index < -0.39 is 0 Å². The third-order valence-corrected chi connectivity index (χ3v) is 5.23. The van der Waals surface area contributed by atoms with Crippen LogP contribution in [0.25, 0.3) is 21.8 Å². The van der Waals surface area contributed by atoms with E-state index >= 15 is 0 Å². The zero-order chi connectivity index (χ0) is 17.2. The molecule has 4 heteroatoms. The molecule has 0 radical (unpaired) electrons. The molecule has 0 bridgehead atoms. The number of fused-ring (bicyclic) bond motifs is 3. The number of para-hydroxylation sites is 1. The summed E-state index contributed by atoms with van der Waals surface area (Å²) < 4.78 is 2.32. The standard InChI is InChI=1S/C21H25N3O/c1-2-24-19-8-4-3-7-17(19)18-15-16(9-10-20(18)24)22-21(25)11-14-23-12-5-6-13-23/h3-4,7-10,15H,2,5-6,11-14H2,1H3,(H,22,25). The summed E-state index contributed by atoms with van der Waals surface area (Å²) in [4.78, 5) is 14.7. The van der Waals surface area contributed by atoms with Crippen LogP contribution < -0.4 is 5.32 Å². The van der Waals surface area contributed by atoms with Crippen LogP contribution in [0.5, 0.6) is 0 Å². The van der Waals surface area contributed by atoms with Gasteiger partial charge in [-0.1, -0.05) is 18.2 Å². The highest BCUT2D eigenvalue weighted by molar-refractivity contribution is 6.09. The van der Waals surface area contributed by atoms with Gasteiger partial charge in [-0.15, -0.1) is 0 Å². The van der Waals surface area contributed by atoms with Crippen molar-refractivity contribution < 1.29 is 4.79 Å². The van der Waals surface area contributed by atoms with E-state index in [2.05, 4.69) is 58.1 Å². The third-order valence-electron chi connectivity index (χ3n) is 5.23. The molecule has 0 saturated carbocycles. The van der Waals surface area contributed by atoms with Crippen LogP contribution in [0.15, 0.2) is 42.5 Å². The highest BCUT2D eigenvalue weighted by Gasteiger charge is 2.14. The molecular formula is C21H25N3O. The Labute approximate surface area is 148 Å². The van der Waals surface area contributed by atoms with Crippen molar-refractivity contribution >= 4 is 33.4 Å². The number of aryl methyl sites for hydroxylation is 1. The maximum atomic E-state index is 12.3. The van der Waals surface area contributed by atoms with Gasteiger partial charge in [0.25, 0.3) is 0 Å². The first-order valence-electron chi connectivity index (χ1n) is 9.29. The summed E-state index contributed by atoms with van der Waals surface area (Å²) in [5, 5.41) is 5.52. The van der Waals surface area contributed by atoms with Gasteiger partial charge in [-0.05, 0) is 57.1 Å². The van der Waals surface area contributed by atoms with Gasteiger partial charge in [0.1, 0.15) is 0 Å². The second kappa shape index (κ2) is 6.89. The van der Waals surface area contributed by atoms with Crippen molar-refractivity contribution in [1.29, 1.82) is 0 Å². The zero-order valence-corrected chi connectivity index (χ0v) is 14.8. The first kappa shape index (κ1) is 16.2. The summed E-state index contributed by atoms with van der Waals surface area (Å²) in [7, 11) is 0. The molecular weight excluding hydrogens is 310 g/mol.